The molecule has 2 aromatic carbocycles. The van der Waals surface area contributed by atoms with Crippen LogP contribution in [0.25, 0.3) is 11.3 Å². The van der Waals surface area contributed by atoms with Gasteiger partial charge in [-0.3, -0.25) is 35.8 Å². The van der Waals surface area contributed by atoms with Gasteiger partial charge in [-0.05, 0) is 24.3 Å². The van der Waals surface area contributed by atoms with E-state index in [1.165, 1.54) is 37.6 Å². The van der Waals surface area contributed by atoms with Crippen LogP contribution in [0.15, 0.2) is 58.0 Å². The molecule has 13 heteroatoms. The monoisotopic (exact) mass is 427 g/mol. The highest BCUT2D eigenvalue weighted by molar-refractivity contribution is 5.79. The summed E-state index contributed by atoms with van der Waals surface area (Å²) in [6.45, 7) is 0. The SMILES string of the molecule is COc1cc([N+](=O)[O-])ccc1-c1ccc(/C=N\Nc2ccc([N+](=O)[O-])cc2[N+](=O)[O-])o1. The average molecular weight is 427 g/mol. The smallest absolute Gasteiger partial charge is 0.301 e. The van der Waals surface area contributed by atoms with Crippen LogP contribution in [0.4, 0.5) is 22.7 Å². The molecule has 0 bridgehead atoms. The lowest BCUT2D eigenvalue weighted by Gasteiger charge is -2.05. The van der Waals surface area contributed by atoms with Gasteiger partial charge in [0.25, 0.3) is 11.4 Å². The van der Waals surface area contributed by atoms with Crippen molar-refractivity contribution in [3.8, 4) is 17.1 Å². The maximum absolute atomic E-state index is 11.1. The van der Waals surface area contributed by atoms with Crippen molar-refractivity contribution in [3.05, 3.63) is 84.6 Å². The van der Waals surface area contributed by atoms with Gasteiger partial charge in [0.05, 0.1) is 45.8 Å². The zero-order chi connectivity index (χ0) is 22.5. The molecule has 0 amide bonds. The zero-order valence-electron chi connectivity index (χ0n) is 15.8. The average Bonchev–Trinajstić information content (AvgIpc) is 3.21. The van der Waals surface area contributed by atoms with E-state index < -0.39 is 26.1 Å². The highest BCUT2D eigenvalue weighted by Crippen LogP contribution is 2.34. The van der Waals surface area contributed by atoms with Gasteiger partial charge in [-0.2, -0.15) is 5.10 Å². The van der Waals surface area contributed by atoms with E-state index in [-0.39, 0.29) is 22.9 Å². The summed E-state index contributed by atoms with van der Waals surface area (Å²) in [6.07, 6.45) is 1.24. The third-order valence-electron chi connectivity index (χ3n) is 4.05. The number of nitro groups is 3. The number of ether oxygens (including phenoxy) is 1. The summed E-state index contributed by atoms with van der Waals surface area (Å²) in [6, 6.07) is 10.3. The number of hydrogen-bond donors (Lipinski definition) is 1. The fourth-order valence-electron chi connectivity index (χ4n) is 2.61. The van der Waals surface area contributed by atoms with Crippen molar-refractivity contribution in [1.29, 1.82) is 0 Å². The third-order valence-corrected chi connectivity index (χ3v) is 4.05. The number of nitro benzene ring substituents is 3. The maximum atomic E-state index is 11.1. The summed E-state index contributed by atoms with van der Waals surface area (Å²) >= 11 is 0. The normalized spacial score (nSPS) is 10.7. The molecule has 0 aliphatic heterocycles. The molecule has 13 nitrogen and oxygen atoms in total. The van der Waals surface area contributed by atoms with Crippen LogP contribution in [0.3, 0.4) is 0 Å². The number of nitrogens with one attached hydrogen (secondary N) is 1. The molecular weight excluding hydrogens is 414 g/mol. The number of hydrogen-bond acceptors (Lipinski definition) is 10. The Morgan fingerprint density at radius 2 is 1.61 bits per heavy atom. The number of rotatable bonds is 8. The quantitative estimate of drug-likeness (QED) is 0.314. The van der Waals surface area contributed by atoms with Crippen molar-refractivity contribution < 1.29 is 23.9 Å². The molecule has 0 aliphatic carbocycles. The van der Waals surface area contributed by atoms with Gasteiger partial charge in [-0.1, -0.05) is 0 Å². The van der Waals surface area contributed by atoms with Gasteiger partial charge < -0.3 is 9.15 Å². The van der Waals surface area contributed by atoms with Gasteiger partial charge in [0, 0.05) is 12.1 Å². The lowest BCUT2D eigenvalue weighted by molar-refractivity contribution is -0.393. The second-order valence-corrected chi connectivity index (χ2v) is 5.93. The van der Waals surface area contributed by atoms with E-state index in [1.54, 1.807) is 12.1 Å². The van der Waals surface area contributed by atoms with Crippen molar-refractivity contribution in [3.63, 3.8) is 0 Å². The predicted molar refractivity (Wildman–Crippen MR) is 108 cm³/mol. The van der Waals surface area contributed by atoms with Gasteiger partial charge in [0.1, 0.15) is 23.0 Å². The molecule has 0 unspecified atom stereocenters. The van der Waals surface area contributed by atoms with Crippen LogP contribution in [-0.2, 0) is 0 Å². The Hall–Kier alpha value is -4.81. The van der Waals surface area contributed by atoms with E-state index in [1.807, 2.05) is 0 Å². The minimum absolute atomic E-state index is 0.0457. The molecule has 0 radical (unpaired) electrons. The Morgan fingerprint density at radius 1 is 0.935 bits per heavy atom. The number of hydrazone groups is 1. The molecule has 0 fully saturated rings. The first-order valence-corrected chi connectivity index (χ1v) is 8.44. The zero-order valence-corrected chi connectivity index (χ0v) is 15.8. The van der Waals surface area contributed by atoms with Crippen LogP contribution in [0.1, 0.15) is 5.76 Å². The summed E-state index contributed by atoms with van der Waals surface area (Å²) in [5.74, 6) is 0.869. The van der Waals surface area contributed by atoms with Crippen molar-refractivity contribution in [2.24, 2.45) is 5.10 Å². The first-order chi connectivity index (χ1) is 14.8. The molecular formula is C18H13N5O8. The summed E-state index contributed by atoms with van der Waals surface area (Å²) < 4.78 is 10.8. The Labute approximate surface area is 173 Å². The number of methoxy groups -OCH3 is 1. The van der Waals surface area contributed by atoms with Crippen LogP contribution in [0.2, 0.25) is 0 Å². The summed E-state index contributed by atoms with van der Waals surface area (Å²) in [5.41, 5.74) is 1.81. The van der Waals surface area contributed by atoms with Gasteiger partial charge in [0.15, 0.2) is 0 Å². The molecule has 3 rings (SSSR count). The fourth-order valence-corrected chi connectivity index (χ4v) is 2.61. The first-order valence-electron chi connectivity index (χ1n) is 8.44. The Kier molecular flexibility index (Phi) is 5.86. The van der Waals surface area contributed by atoms with E-state index in [2.05, 4.69) is 10.5 Å². The molecule has 0 spiro atoms. The van der Waals surface area contributed by atoms with Crippen LogP contribution in [0.5, 0.6) is 5.75 Å². The third kappa shape index (κ3) is 4.61. The molecule has 0 aliphatic rings. The van der Waals surface area contributed by atoms with Crippen LogP contribution in [-0.4, -0.2) is 28.1 Å². The topological polar surface area (TPSA) is 176 Å². The second-order valence-electron chi connectivity index (χ2n) is 5.93. The summed E-state index contributed by atoms with van der Waals surface area (Å²) in [5, 5.41) is 36.7. The van der Waals surface area contributed by atoms with Crippen molar-refractivity contribution in [2.75, 3.05) is 12.5 Å². The second kappa shape index (κ2) is 8.69. The number of furan rings is 1. The molecule has 1 heterocycles. The predicted octanol–water partition coefficient (Wildman–Crippen LogP) is 4.13. The molecule has 3 aromatic rings. The van der Waals surface area contributed by atoms with Gasteiger partial charge in [-0.25, -0.2) is 0 Å². The van der Waals surface area contributed by atoms with Crippen LogP contribution >= 0.6 is 0 Å². The maximum Gasteiger partial charge on any atom is 0.301 e. The van der Waals surface area contributed by atoms with Gasteiger partial charge in [-0.15, -0.1) is 0 Å². The van der Waals surface area contributed by atoms with Crippen molar-refractivity contribution in [1.82, 2.24) is 0 Å². The van der Waals surface area contributed by atoms with E-state index in [4.69, 9.17) is 9.15 Å². The molecule has 1 aromatic heterocycles. The number of nitrogens with zero attached hydrogens (tertiary/aromatic N) is 4. The number of benzene rings is 2. The van der Waals surface area contributed by atoms with Crippen LogP contribution in [0, 0.1) is 30.3 Å². The molecule has 31 heavy (non-hydrogen) atoms. The number of anilines is 1. The Bertz CT molecular complexity index is 1200. The van der Waals surface area contributed by atoms with E-state index >= 15 is 0 Å². The van der Waals surface area contributed by atoms with E-state index in [0.29, 0.717) is 11.3 Å². The standard InChI is InChI=1S/C18H13N5O8/c1-30-18-9-12(22(26)27)2-5-14(18)17-7-4-13(31-17)10-19-20-15-6-3-11(21(24)25)8-16(15)23(28)29/h2-10,20H,1H3/b19-10-. The van der Waals surface area contributed by atoms with Crippen molar-refractivity contribution >= 4 is 29.0 Å². The first kappa shape index (κ1) is 20.9. The fraction of sp³-hybridized carbons (Fsp3) is 0.0556. The molecule has 0 atom stereocenters. The minimum atomic E-state index is -0.767. The molecule has 158 valence electrons. The van der Waals surface area contributed by atoms with Gasteiger partial charge in [0.2, 0.25) is 0 Å². The molecule has 0 saturated carbocycles. The Balaban J connectivity index is 1.80. The molecule has 0 saturated heterocycles. The van der Waals surface area contributed by atoms with Crippen LogP contribution < -0.4 is 10.2 Å². The summed E-state index contributed by atoms with van der Waals surface area (Å²) in [4.78, 5) is 30.8. The van der Waals surface area contributed by atoms with E-state index in [0.717, 1.165) is 12.1 Å². The molecule has 1 N–H and O–H groups in total. The highest BCUT2D eigenvalue weighted by atomic mass is 16.6. The van der Waals surface area contributed by atoms with Gasteiger partial charge >= 0.3 is 5.69 Å². The number of non-ortho nitro benzene ring substituents is 2. The highest BCUT2D eigenvalue weighted by Gasteiger charge is 2.19. The largest absolute Gasteiger partial charge is 0.496 e. The lowest BCUT2D eigenvalue weighted by Crippen LogP contribution is -1.98. The Morgan fingerprint density at radius 3 is 2.26 bits per heavy atom. The lowest BCUT2D eigenvalue weighted by atomic mass is 10.1. The minimum Gasteiger partial charge on any atom is -0.496 e. The van der Waals surface area contributed by atoms with E-state index in [9.17, 15) is 30.3 Å². The van der Waals surface area contributed by atoms with Crippen molar-refractivity contribution in [2.45, 2.75) is 0 Å². The summed E-state index contributed by atoms with van der Waals surface area (Å²) in [7, 11) is 1.37.